The molecule has 0 radical (unpaired) electrons. The van der Waals surface area contributed by atoms with E-state index < -0.39 is 5.69 Å². The summed E-state index contributed by atoms with van der Waals surface area (Å²) in [6.07, 6.45) is 1.44. The van der Waals surface area contributed by atoms with E-state index in [2.05, 4.69) is 25.6 Å². The van der Waals surface area contributed by atoms with Crippen LogP contribution in [0.2, 0.25) is 10.0 Å². The van der Waals surface area contributed by atoms with Crippen molar-refractivity contribution in [1.82, 2.24) is 24.8 Å². The van der Waals surface area contributed by atoms with Crippen LogP contribution >= 0.6 is 23.2 Å². The van der Waals surface area contributed by atoms with Crippen LogP contribution in [0.4, 0.5) is 22.1 Å². The minimum absolute atomic E-state index is 0.126. The van der Waals surface area contributed by atoms with Crippen molar-refractivity contribution < 1.29 is 4.79 Å². The number of amides is 2. The van der Waals surface area contributed by atoms with E-state index in [0.717, 1.165) is 10.3 Å². The van der Waals surface area contributed by atoms with Gasteiger partial charge >= 0.3 is 11.7 Å². The fraction of sp³-hybridized carbons (Fsp3) is 0.0952. The van der Waals surface area contributed by atoms with Crippen molar-refractivity contribution in [3.63, 3.8) is 0 Å². The Balaban J connectivity index is 1.48. The van der Waals surface area contributed by atoms with Crippen molar-refractivity contribution >= 4 is 57.6 Å². The molecule has 0 saturated carbocycles. The standard InChI is InChI=1S/C21H16Cl2N8O2/c22-14-2-1-3-15(23)16(14)31-17(24)13-10-26-19(28-18(13)29-21(31)33)27-11-4-6-12(7-5-11)30-9-8-25-20(30)32/h1-7,10,24H,8-9H2,(H,25,32)(H2,26,27,28,29,33). The molecule has 33 heavy (non-hydrogen) atoms. The molecule has 1 aliphatic rings. The van der Waals surface area contributed by atoms with Gasteiger partial charge in [-0.05, 0) is 36.4 Å². The predicted molar refractivity (Wildman–Crippen MR) is 126 cm³/mol. The topological polar surface area (TPSA) is 132 Å². The molecule has 1 saturated heterocycles. The van der Waals surface area contributed by atoms with E-state index in [4.69, 9.17) is 28.6 Å². The van der Waals surface area contributed by atoms with Gasteiger partial charge in [0.05, 0.1) is 21.1 Å². The Bertz CT molecular complexity index is 1490. The molecular weight excluding hydrogens is 467 g/mol. The Labute approximate surface area is 196 Å². The van der Waals surface area contributed by atoms with Crippen molar-refractivity contribution in [2.24, 2.45) is 0 Å². The van der Waals surface area contributed by atoms with Crippen LogP contribution in [0, 0.1) is 5.41 Å². The number of nitrogens with one attached hydrogen (secondary N) is 4. The van der Waals surface area contributed by atoms with Crippen LogP contribution in [-0.2, 0) is 0 Å². The summed E-state index contributed by atoms with van der Waals surface area (Å²) in [6.45, 7) is 1.23. The molecule has 4 aromatic rings. The summed E-state index contributed by atoms with van der Waals surface area (Å²) in [5.41, 5.74) is 1.11. The van der Waals surface area contributed by atoms with Crippen LogP contribution in [0.15, 0.2) is 53.5 Å². The lowest BCUT2D eigenvalue weighted by molar-refractivity contribution is 0.252. The van der Waals surface area contributed by atoms with E-state index in [-0.39, 0.29) is 38.8 Å². The van der Waals surface area contributed by atoms with Gasteiger partial charge in [-0.15, -0.1) is 0 Å². The maximum absolute atomic E-state index is 12.8. The van der Waals surface area contributed by atoms with Gasteiger partial charge in [-0.3, -0.25) is 15.3 Å². The highest BCUT2D eigenvalue weighted by Gasteiger charge is 2.21. The third-order valence-corrected chi connectivity index (χ3v) is 5.76. The summed E-state index contributed by atoms with van der Waals surface area (Å²) in [7, 11) is 0. The molecule has 5 rings (SSSR count). The number of nitrogens with zero attached hydrogens (tertiary/aromatic N) is 4. The number of aromatic nitrogens is 4. The number of rotatable bonds is 4. The van der Waals surface area contributed by atoms with E-state index in [9.17, 15) is 9.59 Å². The van der Waals surface area contributed by atoms with Gasteiger partial charge in [-0.25, -0.2) is 19.1 Å². The number of halogens is 2. The molecule has 2 amide bonds. The summed E-state index contributed by atoms with van der Waals surface area (Å²) in [5, 5.41) is 15.1. The number of anilines is 3. The molecule has 1 fully saturated rings. The van der Waals surface area contributed by atoms with Crippen molar-refractivity contribution in [2.75, 3.05) is 23.3 Å². The van der Waals surface area contributed by atoms with E-state index in [1.54, 1.807) is 35.2 Å². The van der Waals surface area contributed by atoms with Crippen LogP contribution < -0.4 is 26.7 Å². The highest BCUT2D eigenvalue weighted by atomic mass is 35.5. The molecule has 3 heterocycles. The number of carbonyl (C=O) groups is 1. The van der Waals surface area contributed by atoms with Gasteiger partial charge in [-0.2, -0.15) is 4.98 Å². The van der Waals surface area contributed by atoms with Crippen molar-refractivity contribution in [1.29, 1.82) is 5.41 Å². The van der Waals surface area contributed by atoms with Crippen molar-refractivity contribution in [2.45, 2.75) is 0 Å². The monoisotopic (exact) mass is 482 g/mol. The van der Waals surface area contributed by atoms with Crippen LogP contribution in [0.3, 0.4) is 0 Å². The first-order valence-corrected chi connectivity index (χ1v) is 10.6. The Morgan fingerprint density at radius 2 is 1.79 bits per heavy atom. The first-order valence-electron chi connectivity index (χ1n) is 9.86. The second-order valence-corrected chi connectivity index (χ2v) is 8.01. The Morgan fingerprint density at radius 1 is 1.06 bits per heavy atom. The largest absolute Gasteiger partial charge is 0.336 e. The normalized spacial score (nSPS) is 13.4. The smallest absolute Gasteiger partial charge is 0.333 e. The number of carbonyl (C=O) groups excluding carboxylic acids is 1. The van der Waals surface area contributed by atoms with Gasteiger partial charge in [0.25, 0.3) is 0 Å². The fourth-order valence-corrected chi connectivity index (χ4v) is 4.14. The SMILES string of the molecule is N=c1c2cnc(Nc3ccc(N4CCNC4=O)cc3)nc2[nH]c(=O)n1-c1c(Cl)cccc1Cl. The number of para-hydroxylation sites is 1. The maximum atomic E-state index is 12.8. The van der Waals surface area contributed by atoms with Gasteiger partial charge in [0.15, 0.2) is 5.65 Å². The Morgan fingerprint density at radius 3 is 2.45 bits per heavy atom. The van der Waals surface area contributed by atoms with Crippen LogP contribution in [-0.4, -0.2) is 38.6 Å². The molecule has 10 nitrogen and oxygen atoms in total. The van der Waals surface area contributed by atoms with Crippen molar-refractivity contribution in [3.8, 4) is 5.69 Å². The summed E-state index contributed by atoms with van der Waals surface area (Å²) < 4.78 is 1.08. The zero-order valence-electron chi connectivity index (χ0n) is 16.9. The lowest BCUT2D eigenvalue weighted by atomic mass is 10.2. The fourth-order valence-electron chi connectivity index (χ4n) is 3.58. The van der Waals surface area contributed by atoms with Crippen molar-refractivity contribution in [3.05, 3.63) is 74.7 Å². The molecule has 0 bridgehead atoms. The number of hydrogen-bond acceptors (Lipinski definition) is 6. The molecule has 0 atom stereocenters. The van der Waals surface area contributed by atoms with Crippen LogP contribution in [0.1, 0.15) is 0 Å². The van der Waals surface area contributed by atoms with Gasteiger partial charge in [0, 0.05) is 30.7 Å². The molecule has 4 N–H and O–H groups in total. The summed E-state index contributed by atoms with van der Waals surface area (Å²) in [6, 6.07) is 11.9. The highest BCUT2D eigenvalue weighted by molar-refractivity contribution is 6.37. The zero-order chi connectivity index (χ0) is 23.1. The van der Waals surface area contributed by atoms with Gasteiger partial charge < -0.3 is 10.6 Å². The minimum atomic E-state index is -0.611. The summed E-state index contributed by atoms with van der Waals surface area (Å²) in [5.74, 6) is 0.234. The molecule has 0 unspecified atom stereocenters. The molecule has 1 aliphatic heterocycles. The second kappa shape index (κ2) is 8.23. The average molecular weight is 483 g/mol. The Kier molecular flexibility index (Phi) is 5.23. The number of hydrogen-bond donors (Lipinski definition) is 4. The highest BCUT2D eigenvalue weighted by Crippen LogP contribution is 2.26. The number of urea groups is 1. The van der Waals surface area contributed by atoms with E-state index in [1.165, 1.54) is 6.20 Å². The zero-order valence-corrected chi connectivity index (χ0v) is 18.4. The minimum Gasteiger partial charge on any atom is -0.336 e. The average Bonchev–Trinajstić information content (AvgIpc) is 3.22. The summed E-state index contributed by atoms with van der Waals surface area (Å²) in [4.78, 5) is 37.5. The molecule has 2 aromatic carbocycles. The molecule has 0 aliphatic carbocycles. The first-order chi connectivity index (χ1) is 15.9. The second-order valence-electron chi connectivity index (χ2n) is 7.20. The molecular formula is C21H16Cl2N8O2. The van der Waals surface area contributed by atoms with E-state index in [1.807, 2.05) is 12.1 Å². The Hall–Kier alpha value is -3.89. The van der Waals surface area contributed by atoms with E-state index >= 15 is 0 Å². The molecule has 12 heteroatoms. The third kappa shape index (κ3) is 3.79. The number of H-pyrrole nitrogens is 1. The number of aromatic amines is 1. The molecule has 2 aromatic heterocycles. The van der Waals surface area contributed by atoms with Gasteiger partial charge in [0.2, 0.25) is 5.95 Å². The van der Waals surface area contributed by atoms with Crippen LogP contribution in [0.5, 0.6) is 0 Å². The quantitative estimate of drug-likeness (QED) is 0.354. The lowest BCUT2D eigenvalue weighted by Gasteiger charge is -2.15. The maximum Gasteiger partial charge on any atom is 0.333 e. The van der Waals surface area contributed by atoms with Gasteiger partial charge in [0.1, 0.15) is 5.49 Å². The number of benzene rings is 2. The van der Waals surface area contributed by atoms with E-state index in [0.29, 0.717) is 24.2 Å². The van der Waals surface area contributed by atoms with Gasteiger partial charge in [-0.1, -0.05) is 29.3 Å². The lowest BCUT2D eigenvalue weighted by Crippen LogP contribution is -2.34. The third-order valence-electron chi connectivity index (χ3n) is 5.15. The predicted octanol–water partition coefficient (Wildman–Crippen LogP) is 3.17. The molecule has 166 valence electrons. The number of fused-ring (bicyclic) bond motifs is 1. The van der Waals surface area contributed by atoms with Crippen LogP contribution in [0.25, 0.3) is 16.7 Å². The molecule has 0 spiro atoms. The first kappa shape index (κ1) is 21.0. The summed E-state index contributed by atoms with van der Waals surface area (Å²) >= 11 is 12.5.